The first-order chi connectivity index (χ1) is 27.0. The number of carbonyl (C=O) groups excluding carboxylic acids is 3. The van der Waals surface area contributed by atoms with Crippen LogP contribution < -0.4 is 0 Å². The standard InChI is InChI=1S/C49H82O6/c1-4-7-10-13-16-18-19-20-21-22-23-24-25-26-27-28-29-31-33-36-39-42-48(51)54-45-46(44-53-47(50)41-38-35-32-15-12-9-6-3)55-49(52)43-40-37-34-30-17-14-11-8-5-2/h7,10,16,18,20-21,23-24,26-27,29,31,46H,4-6,8-9,11-15,17,19,22,25,28,30,32-45H2,1-3H3/b10-7-,18-16-,21-20-,24-23-,27-26-,31-29-. The molecule has 6 heteroatoms. The summed E-state index contributed by atoms with van der Waals surface area (Å²) in [6, 6.07) is 0. The van der Waals surface area contributed by atoms with E-state index in [1.807, 2.05) is 0 Å². The highest BCUT2D eigenvalue weighted by Gasteiger charge is 2.19. The molecule has 0 saturated heterocycles. The van der Waals surface area contributed by atoms with Gasteiger partial charge in [0.25, 0.3) is 0 Å². The Kier molecular flexibility index (Phi) is 41.1. The van der Waals surface area contributed by atoms with Gasteiger partial charge in [-0.15, -0.1) is 0 Å². The molecule has 55 heavy (non-hydrogen) atoms. The van der Waals surface area contributed by atoms with Crippen LogP contribution in [0.25, 0.3) is 0 Å². The Balaban J connectivity index is 4.33. The predicted octanol–water partition coefficient (Wildman–Crippen LogP) is 14.3. The van der Waals surface area contributed by atoms with Gasteiger partial charge in [0.2, 0.25) is 0 Å². The minimum absolute atomic E-state index is 0.0885. The molecule has 0 aliphatic heterocycles. The number of esters is 3. The lowest BCUT2D eigenvalue weighted by Gasteiger charge is -2.18. The van der Waals surface area contributed by atoms with Gasteiger partial charge in [-0.1, -0.05) is 184 Å². The van der Waals surface area contributed by atoms with Crippen LogP contribution in [0.1, 0.15) is 201 Å². The molecule has 6 nitrogen and oxygen atoms in total. The first-order valence-electron chi connectivity index (χ1n) is 22.4. The summed E-state index contributed by atoms with van der Waals surface area (Å²) in [5, 5.41) is 0. The number of unbranched alkanes of at least 4 members (excludes halogenated alkanes) is 16. The van der Waals surface area contributed by atoms with Crippen LogP contribution in [0.15, 0.2) is 72.9 Å². The van der Waals surface area contributed by atoms with Gasteiger partial charge >= 0.3 is 17.9 Å². The Labute approximate surface area is 338 Å². The molecule has 0 aliphatic rings. The third kappa shape index (κ3) is 41.8. The van der Waals surface area contributed by atoms with Crippen LogP contribution in [0.4, 0.5) is 0 Å². The minimum atomic E-state index is -0.785. The number of hydrogen-bond donors (Lipinski definition) is 0. The second-order valence-electron chi connectivity index (χ2n) is 14.6. The van der Waals surface area contributed by atoms with Crippen LogP contribution in [0.2, 0.25) is 0 Å². The van der Waals surface area contributed by atoms with E-state index in [-0.39, 0.29) is 31.1 Å². The van der Waals surface area contributed by atoms with E-state index in [2.05, 4.69) is 93.7 Å². The summed E-state index contributed by atoms with van der Waals surface area (Å²) in [7, 11) is 0. The van der Waals surface area contributed by atoms with E-state index in [0.29, 0.717) is 19.3 Å². The normalized spacial score (nSPS) is 12.7. The molecule has 0 aliphatic carbocycles. The molecule has 0 fully saturated rings. The number of rotatable bonds is 39. The Morgan fingerprint density at radius 1 is 0.382 bits per heavy atom. The molecule has 0 spiro atoms. The Bertz CT molecular complexity index is 1070. The molecule has 0 amide bonds. The van der Waals surface area contributed by atoms with Crippen molar-refractivity contribution in [2.45, 2.75) is 207 Å². The monoisotopic (exact) mass is 767 g/mol. The first-order valence-corrected chi connectivity index (χ1v) is 22.4. The van der Waals surface area contributed by atoms with Gasteiger partial charge in [-0.05, 0) is 70.6 Å². The van der Waals surface area contributed by atoms with Gasteiger partial charge < -0.3 is 14.2 Å². The van der Waals surface area contributed by atoms with Crippen LogP contribution >= 0.6 is 0 Å². The molecule has 1 unspecified atom stereocenters. The second-order valence-corrected chi connectivity index (χ2v) is 14.6. The average molecular weight is 767 g/mol. The van der Waals surface area contributed by atoms with Crippen molar-refractivity contribution in [1.29, 1.82) is 0 Å². The smallest absolute Gasteiger partial charge is 0.306 e. The van der Waals surface area contributed by atoms with Crippen LogP contribution in [0.5, 0.6) is 0 Å². The average Bonchev–Trinajstić information content (AvgIpc) is 3.18. The van der Waals surface area contributed by atoms with Gasteiger partial charge in [0, 0.05) is 19.3 Å². The maximum Gasteiger partial charge on any atom is 0.306 e. The molecule has 0 rings (SSSR count). The third-order valence-corrected chi connectivity index (χ3v) is 9.23. The van der Waals surface area contributed by atoms with Crippen LogP contribution in [-0.2, 0) is 28.6 Å². The molecule has 0 saturated carbocycles. The highest BCUT2D eigenvalue weighted by atomic mass is 16.6. The molecule has 314 valence electrons. The summed E-state index contributed by atoms with van der Waals surface area (Å²) in [4.78, 5) is 37.5. The van der Waals surface area contributed by atoms with E-state index in [1.165, 1.54) is 64.2 Å². The minimum Gasteiger partial charge on any atom is -0.462 e. The van der Waals surface area contributed by atoms with E-state index in [9.17, 15) is 14.4 Å². The molecule has 0 aromatic carbocycles. The van der Waals surface area contributed by atoms with Gasteiger partial charge in [-0.25, -0.2) is 0 Å². The highest BCUT2D eigenvalue weighted by Crippen LogP contribution is 2.13. The third-order valence-electron chi connectivity index (χ3n) is 9.23. The Morgan fingerprint density at radius 2 is 0.709 bits per heavy atom. The van der Waals surface area contributed by atoms with Crippen molar-refractivity contribution in [3.8, 4) is 0 Å². The topological polar surface area (TPSA) is 78.9 Å². The summed E-state index contributed by atoms with van der Waals surface area (Å²) in [6.45, 7) is 6.40. The lowest BCUT2D eigenvalue weighted by Crippen LogP contribution is -2.30. The van der Waals surface area contributed by atoms with Crippen molar-refractivity contribution in [2.75, 3.05) is 13.2 Å². The molecule has 0 aromatic rings. The number of hydrogen-bond acceptors (Lipinski definition) is 6. The molecular weight excluding hydrogens is 685 g/mol. The maximum atomic E-state index is 12.6. The van der Waals surface area contributed by atoms with Crippen molar-refractivity contribution in [3.05, 3.63) is 72.9 Å². The van der Waals surface area contributed by atoms with Crippen molar-refractivity contribution < 1.29 is 28.6 Å². The maximum absolute atomic E-state index is 12.6. The molecule has 0 N–H and O–H groups in total. The fraction of sp³-hybridized carbons (Fsp3) is 0.694. The quantitative estimate of drug-likeness (QED) is 0.0268. The summed E-state index contributed by atoms with van der Waals surface area (Å²) >= 11 is 0. The van der Waals surface area contributed by atoms with Crippen LogP contribution in [0, 0.1) is 0 Å². The summed E-state index contributed by atoms with van der Waals surface area (Å²) in [5.74, 6) is -0.949. The van der Waals surface area contributed by atoms with Gasteiger partial charge in [-0.3, -0.25) is 14.4 Å². The van der Waals surface area contributed by atoms with Crippen LogP contribution in [0.3, 0.4) is 0 Å². The van der Waals surface area contributed by atoms with Crippen molar-refractivity contribution >= 4 is 17.9 Å². The number of ether oxygens (including phenoxy) is 3. The van der Waals surface area contributed by atoms with Crippen LogP contribution in [-0.4, -0.2) is 37.2 Å². The summed E-state index contributed by atoms with van der Waals surface area (Å²) in [5.41, 5.74) is 0. The van der Waals surface area contributed by atoms with Crippen molar-refractivity contribution in [2.24, 2.45) is 0 Å². The van der Waals surface area contributed by atoms with E-state index in [1.54, 1.807) is 0 Å². The SMILES string of the molecule is CC/C=C\C/C=C\C/C=C\C/C=C\C/C=C\C/C=C\CCCCC(=O)OCC(COC(=O)CCCCCCCCC)OC(=O)CCCCCCCCCCC. The van der Waals surface area contributed by atoms with E-state index in [0.717, 1.165) is 96.3 Å². The van der Waals surface area contributed by atoms with E-state index >= 15 is 0 Å². The van der Waals surface area contributed by atoms with Gasteiger partial charge in [0.15, 0.2) is 6.10 Å². The lowest BCUT2D eigenvalue weighted by atomic mass is 10.1. The zero-order valence-corrected chi connectivity index (χ0v) is 35.7. The summed E-state index contributed by atoms with van der Waals surface area (Å²) in [6.07, 6.45) is 53.3. The Hall–Kier alpha value is -3.15. The highest BCUT2D eigenvalue weighted by molar-refractivity contribution is 5.71. The van der Waals surface area contributed by atoms with Gasteiger partial charge in [0.05, 0.1) is 0 Å². The van der Waals surface area contributed by atoms with Crippen molar-refractivity contribution in [3.63, 3.8) is 0 Å². The van der Waals surface area contributed by atoms with E-state index < -0.39 is 6.10 Å². The fourth-order valence-corrected chi connectivity index (χ4v) is 5.85. The number of carbonyl (C=O) groups is 3. The molecular formula is C49H82O6. The number of allylic oxidation sites excluding steroid dienone is 12. The fourth-order valence-electron chi connectivity index (χ4n) is 5.85. The largest absolute Gasteiger partial charge is 0.462 e. The molecule has 0 heterocycles. The summed E-state index contributed by atoms with van der Waals surface area (Å²) < 4.78 is 16.6. The van der Waals surface area contributed by atoms with Gasteiger partial charge in [0.1, 0.15) is 13.2 Å². The molecule has 1 atom stereocenters. The van der Waals surface area contributed by atoms with E-state index in [4.69, 9.17) is 14.2 Å². The molecule has 0 radical (unpaired) electrons. The molecule has 0 aromatic heterocycles. The van der Waals surface area contributed by atoms with Crippen molar-refractivity contribution in [1.82, 2.24) is 0 Å². The zero-order chi connectivity index (χ0) is 40.1. The lowest BCUT2D eigenvalue weighted by molar-refractivity contribution is -0.167. The first kappa shape index (κ1) is 51.9. The zero-order valence-electron chi connectivity index (χ0n) is 35.7. The Morgan fingerprint density at radius 3 is 1.11 bits per heavy atom. The second kappa shape index (κ2) is 43.6. The predicted molar refractivity (Wildman–Crippen MR) is 233 cm³/mol. The molecule has 0 bridgehead atoms. The van der Waals surface area contributed by atoms with Gasteiger partial charge in [-0.2, -0.15) is 0 Å².